The predicted molar refractivity (Wildman–Crippen MR) is 88.9 cm³/mol. The first kappa shape index (κ1) is 20.1. The number of nitrogens with zero attached hydrogens (tertiary/aromatic N) is 1. The Morgan fingerprint density at radius 3 is 2.00 bits per heavy atom. The van der Waals surface area contributed by atoms with Crippen LogP contribution < -0.4 is 4.57 Å². The Bertz CT molecular complexity index is 842. The van der Waals surface area contributed by atoms with Gasteiger partial charge in [0.2, 0.25) is 5.69 Å². The van der Waals surface area contributed by atoms with Gasteiger partial charge < -0.3 is 18.9 Å². The van der Waals surface area contributed by atoms with Crippen molar-refractivity contribution in [2.24, 2.45) is 5.92 Å². The first-order valence-electron chi connectivity index (χ1n) is 7.90. The lowest BCUT2D eigenvalue weighted by atomic mass is 9.82. The summed E-state index contributed by atoms with van der Waals surface area (Å²) in [7, 11) is 4.51. The molecule has 2 rings (SSSR count). The highest BCUT2D eigenvalue weighted by molar-refractivity contribution is 6.23. The molecule has 9 heteroatoms. The van der Waals surface area contributed by atoms with E-state index in [2.05, 4.69) is 0 Å². The molecular weight excluding hydrogens is 358 g/mol. The molecule has 0 bridgehead atoms. The van der Waals surface area contributed by atoms with E-state index < -0.39 is 35.8 Å². The molecule has 1 aliphatic heterocycles. The predicted octanol–water partition coefficient (Wildman–Crippen LogP) is -0.101. The summed E-state index contributed by atoms with van der Waals surface area (Å²) in [5.41, 5.74) is 0.477. The maximum absolute atomic E-state index is 12.5. The topological polar surface area (TPSA) is 109 Å². The molecule has 2 unspecified atom stereocenters. The van der Waals surface area contributed by atoms with Crippen LogP contribution in [0.5, 0.6) is 0 Å². The minimum atomic E-state index is -1.45. The Morgan fingerprint density at radius 2 is 1.48 bits per heavy atom. The number of esters is 4. The molecule has 2 heterocycles. The minimum Gasteiger partial charge on any atom is -0.468 e. The zero-order valence-corrected chi connectivity index (χ0v) is 15.6. The monoisotopic (exact) mass is 378 g/mol. The van der Waals surface area contributed by atoms with E-state index in [9.17, 15) is 19.2 Å². The van der Waals surface area contributed by atoms with Crippen molar-refractivity contribution in [3.63, 3.8) is 0 Å². The van der Waals surface area contributed by atoms with Crippen molar-refractivity contribution in [3.05, 3.63) is 35.2 Å². The minimum absolute atomic E-state index is 0.177. The van der Waals surface area contributed by atoms with Crippen LogP contribution in [0.2, 0.25) is 0 Å². The standard InChI is InChI=1S/C18H20NO8/c1-9-6-7-19-10(8-9)11(15(20)24-2)12(16(21)25-3)13(17(22)26-4)14(19)18(23)27-5/h6-8,13-14H,1-5H3/q+1. The number of hydrogen-bond acceptors (Lipinski definition) is 8. The molecular formula is C18H20NO8+. The Hall–Kier alpha value is -3.23. The van der Waals surface area contributed by atoms with Gasteiger partial charge in [0, 0.05) is 12.1 Å². The van der Waals surface area contributed by atoms with Crippen molar-refractivity contribution in [1.82, 2.24) is 0 Å². The normalized spacial score (nSPS) is 18.3. The van der Waals surface area contributed by atoms with E-state index in [0.717, 1.165) is 34.0 Å². The maximum atomic E-state index is 12.5. The van der Waals surface area contributed by atoms with Gasteiger partial charge in [0.1, 0.15) is 5.57 Å². The summed E-state index contributed by atoms with van der Waals surface area (Å²) in [6.07, 6.45) is 1.53. The lowest BCUT2D eigenvalue weighted by Gasteiger charge is -2.27. The Balaban J connectivity index is 2.97. The second-order valence-corrected chi connectivity index (χ2v) is 5.74. The van der Waals surface area contributed by atoms with Crippen LogP contribution in [-0.4, -0.2) is 52.3 Å². The van der Waals surface area contributed by atoms with Crippen molar-refractivity contribution in [2.75, 3.05) is 28.4 Å². The lowest BCUT2D eigenvalue weighted by Crippen LogP contribution is -2.57. The fourth-order valence-electron chi connectivity index (χ4n) is 3.07. The molecule has 0 N–H and O–H groups in total. The fraction of sp³-hybridized carbons (Fsp3) is 0.389. The van der Waals surface area contributed by atoms with E-state index in [-0.39, 0.29) is 16.8 Å². The highest BCUT2D eigenvalue weighted by atomic mass is 16.5. The number of carbonyl (C=O) groups is 4. The van der Waals surface area contributed by atoms with Crippen molar-refractivity contribution in [1.29, 1.82) is 0 Å². The molecule has 0 saturated heterocycles. The summed E-state index contributed by atoms with van der Waals surface area (Å²) in [6.45, 7) is 1.77. The van der Waals surface area contributed by atoms with Gasteiger partial charge in [0.15, 0.2) is 12.1 Å². The summed E-state index contributed by atoms with van der Waals surface area (Å²) in [6, 6.07) is 2.02. The van der Waals surface area contributed by atoms with Gasteiger partial charge in [0.05, 0.1) is 34.0 Å². The molecule has 9 nitrogen and oxygen atoms in total. The second-order valence-electron chi connectivity index (χ2n) is 5.74. The first-order valence-corrected chi connectivity index (χ1v) is 7.90. The van der Waals surface area contributed by atoms with Crippen LogP contribution in [0.15, 0.2) is 23.9 Å². The number of aryl methyl sites for hydroxylation is 1. The fourth-order valence-corrected chi connectivity index (χ4v) is 3.07. The zero-order chi connectivity index (χ0) is 20.3. The Morgan fingerprint density at radius 1 is 0.889 bits per heavy atom. The van der Waals surface area contributed by atoms with Crippen LogP contribution in [-0.2, 0) is 38.1 Å². The maximum Gasteiger partial charge on any atom is 0.376 e. The van der Waals surface area contributed by atoms with Crippen LogP contribution >= 0.6 is 0 Å². The highest BCUT2D eigenvalue weighted by Crippen LogP contribution is 2.36. The van der Waals surface area contributed by atoms with E-state index in [1.54, 1.807) is 19.1 Å². The van der Waals surface area contributed by atoms with Crippen LogP contribution in [0.1, 0.15) is 17.3 Å². The van der Waals surface area contributed by atoms with Gasteiger partial charge in [-0.1, -0.05) is 0 Å². The Labute approximate surface area is 155 Å². The van der Waals surface area contributed by atoms with Crippen molar-refractivity contribution in [2.45, 2.75) is 13.0 Å². The van der Waals surface area contributed by atoms with Gasteiger partial charge in [-0.25, -0.2) is 14.4 Å². The molecule has 144 valence electrons. The van der Waals surface area contributed by atoms with Gasteiger partial charge in [-0.15, -0.1) is 0 Å². The molecule has 0 aromatic carbocycles. The molecule has 1 aromatic heterocycles. The third-order valence-electron chi connectivity index (χ3n) is 4.29. The summed E-state index contributed by atoms with van der Waals surface area (Å²) in [5.74, 6) is -4.94. The van der Waals surface area contributed by atoms with E-state index in [4.69, 9.17) is 18.9 Å². The van der Waals surface area contributed by atoms with E-state index >= 15 is 0 Å². The lowest BCUT2D eigenvalue weighted by molar-refractivity contribution is -0.718. The molecule has 1 aliphatic rings. The molecule has 27 heavy (non-hydrogen) atoms. The summed E-state index contributed by atoms with van der Waals surface area (Å²) < 4.78 is 20.6. The molecule has 0 aliphatic carbocycles. The number of rotatable bonds is 4. The largest absolute Gasteiger partial charge is 0.468 e. The molecule has 0 saturated carbocycles. The molecule has 1 aromatic rings. The van der Waals surface area contributed by atoms with Crippen molar-refractivity contribution < 1.29 is 42.7 Å². The average Bonchev–Trinajstić information content (AvgIpc) is 2.69. The highest BCUT2D eigenvalue weighted by Gasteiger charge is 2.55. The number of aromatic nitrogens is 1. The third kappa shape index (κ3) is 3.40. The molecule has 0 amide bonds. The number of carbonyl (C=O) groups excluding carboxylic acids is 4. The number of methoxy groups -OCH3 is 4. The third-order valence-corrected chi connectivity index (χ3v) is 4.29. The van der Waals surface area contributed by atoms with E-state index in [1.807, 2.05) is 0 Å². The second kappa shape index (κ2) is 7.98. The van der Waals surface area contributed by atoms with Gasteiger partial charge in [-0.05, 0) is 12.5 Å². The summed E-state index contributed by atoms with van der Waals surface area (Å²) in [5, 5.41) is 0. The van der Waals surface area contributed by atoms with Gasteiger partial charge >= 0.3 is 23.9 Å². The van der Waals surface area contributed by atoms with Crippen LogP contribution in [0.25, 0.3) is 5.57 Å². The smallest absolute Gasteiger partial charge is 0.376 e. The quantitative estimate of drug-likeness (QED) is 0.406. The van der Waals surface area contributed by atoms with Crippen LogP contribution in [0, 0.1) is 12.8 Å². The van der Waals surface area contributed by atoms with Crippen LogP contribution in [0.4, 0.5) is 0 Å². The van der Waals surface area contributed by atoms with Crippen molar-refractivity contribution >= 4 is 29.5 Å². The zero-order valence-electron chi connectivity index (χ0n) is 15.6. The van der Waals surface area contributed by atoms with Gasteiger partial charge in [-0.3, -0.25) is 4.79 Å². The first-order chi connectivity index (χ1) is 12.8. The number of ether oxygens (including phenoxy) is 4. The number of hydrogen-bond donors (Lipinski definition) is 0. The number of fused-ring (bicyclic) bond motifs is 1. The van der Waals surface area contributed by atoms with Gasteiger partial charge in [0.25, 0.3) is 6.04 Å². The van der Waals surface area contributed by atoms with E-state index in [1.165, 1.54) is 10.8 Å². The SMILES string of the molecule is COC(=O)C1=C(C(=O)OC)C(C(=O)OC)C(C(=O)OC)[n+]2ccc(C)cc21. The molecule has 0 fully saturated rings. The Kier molecular flexibility index (Phi) is 5.94. The molecule has 0 radical (unpaired) electrons. The van der Waals surface area contributed by atoms with Gasteiger partial charge in [-0.2, -0.15) is 4.57 Å². The molecule has 2 atom stereocenters. The summed E-state index contributed by atoms with van der Waals surface area (Å²) >= 11 is 0. The molecule has 0 spiro atoms. The number of pyridine rings is 1. The average molecular weight is 378 g/mol. The summed E-state index contributed by atoms with van der Waals surface area (Å²) in [4.78, 5) is 50.1. The van der Waals surface area contributed by atoms with Crippen LogP contribution in [0.3, 0.4) is 0 Å². The van der Waals surface area contributed by atoms with E-state index in [0.29, 0.717) is 0 Å². The van der Waals surface area contributed by atoms with Crippen molar-refractivity contribution in [3.8, 4) is 0 Å².